The van der Waals surface area contributed by atoms with E-state index in [4.69, 9.17) is 16.1 Å². The van der Waals surface area contributed by atoms with Crippen LogP contribution in [0.5, 0.6) is 0 Å². The van der Waals surface area contributed by atoms with E-state index in [-0.39, 0.29) is 18.4 Å². The van der Waals surface area contributed by atoms with Crippen molar-refractivity contribution in [1.29, 1.82) is 0 Å². The fourth-order valence-electron chi connectivity index (χ4n) is 4.02. The number of hydrazine groups is 1. The van der Waals surface area contributed by atoms with Crippen LogP contribution in [0.25, 0.3) is 11.3 Å². The van der Waals surface area contributed by atoms with Gasteiger partial charge in [-0.15, -0.1) is 0 Å². The van der Waals surface area contributed by atoms with Gasteiger partial charge in [-0.2, -0.15) is 0 Å². The van der Waals surface area contributed by atoms with E-state index in [0.717, 1.165) is 67.2 Å². The molecule has 1 aliphatic heterocycles. The standard InChI is InChI=1S/C21H27ClN4O4/c1-23-26(21(28)29)19(9-13-27)15-6-10-25(11-7-15)12-8-18-14-20(30-24-18)16-2-4-17(22)5-3-16/h2-5,13-15,19,23H,6-12H2,1H3,(H,28,29). The Morgan fingerprint density at radius 2 is 2.10 bits per heavy atom. The van der Waals surface area contributed by atoms with Crippen molar-refractivity contribution in [3.05, 3.63) is 41.0 Å². The second-order valence-corrected chi connectivity index (χ2v) is 7.90. The van der Waals surface area contributed by atoms with Crippen LogP contribution in [0.15, 0.2) is 34.9 Å². The van der Waals surface area contributed by atoms with Crippen LogP contribution in [0.2, 0.25) is 5.02 Å². The van der Waals surface area contributed by atoms with Gasteiger partial charge in [0.05, 0.1) is 11.7 Å². The Bertz CT molecular complexity index is 834. The van der Waals surface area contributed by atoms with Crippen LogP contribution in [-0.4, -0.2) is 65.3 Å². The topological polar surface area (TPSA) is 98.9 Å². The number of likely N-dealkylation sites (tertiary alicyclic amines) is 1. The Balaban J connectivity index is 1.50. The summed E-state index contributed by atoms with van der Waals surface area (Å²) >= 11 is 5.92. The van der Waals surface area contributed by atoms with Crippen molar-refractivity contribution in [3.63, 3.8) is 0 Å². The predicted octanol–water partition coefficient (Wildman–Crippen LogP) is 3.32. The number of carboxylic acid groups (broad SMARTS) is 1. The van der Waals surface area contributed by atoms with Gasteiger partial charge in [0.15, 0.2) is 5.76 Å². The molecule has 30 heavy (non-hydrogen) atoms. The molecule has 2 N–H and O–H groups in total. The van der Waals surface area contributed by atoms with Crippen molar-refractivity contribution in [2.45, 2.75) is 31.7 Å². The second-order valence-electron chi connectivity index (χ2n) is 7.46. The van der Waals surface area contributed by atoms with E-state index in [0.29, 0.717) is 5.02 Å². The highest BCUT2D eigenvalue weighted by Crippen LogP contribution is 2.26. The average Bonchev–Trinajstić information content (AvgIpc) is 3.22. The lowest BCUT2D eigenvalue weighted by atomic mass is 9.87. The summed E-state index contributed by atoms with van der Waals surface area (Å²) in [5, 5.41) is 15.4. The molecule has 0 saturated carbocycles. The zero-order valence-corrected chi connectivity index (χ0v) is 17.7. The van der Waals surface area contributed by atoms with E-state index >= 15 is 0 Å². The minimum absolute atomic E-state index is 0.151. The fourth-order valence-corrected chi connectivity index (χ4v) is 4.15. The highest BCUT2D eigenvalue weighted by Gasteiger charge is 2.32. The summed E-state index contributed by atoms with van der Waals surface area (Å²) in [4.78, 5) is 24.9. The van der Waals surface area contributed by atoms with Crippen LogP contribution >= 0.6 is 11.6 Å². The average molecular weight is 435 g/mol. The molecular formula is C21H27ClN4O4. The number of carbonyl (C=O) groups is 2. The molecule has 1 unspecified atom stereocenters. The molecule has 8 nitrogen and oxygen atoms in total. The number of nitrogens with zero attached hydrogens (tertiary/aromatic N) is 3. The van der Waals surface area contributed by atoms with Crippen molar-refractivity contribution in [2.75, 3.05) is 26.7 Å². The molecule has 2 aromatic rings. The summed E-state index contributed by atoms with van der Waals surface area (Å²) in [6.45, 7) is 2.57. The predicted molar refractivity (Wildman–Crippen MR) is 113 cm³/mol. The van der Waals surface area contributed by atoms with E-state index in [9.17, 15) is 14.7 Å². The number of rotatable bonds is 9. The Labute approximate surface area is 180 Å². The lowest BCUT2D eigenvalue weighted by Crippen LogP contribution is -2.52. The maximum atomic E-state index is 11.4. The highest BCUT2D eigenvalue weighted by atomic mass is 35.5. The molecule has 1 atom stereocenters. The van der Waals surface area contributed by atoms with Gasteiger partial charge >= 0.3 is 6.09 Å². The normalized spacial score (nSPS) is 16.3. The zero-order valence-electron chi connectivity index (χ0n) is 17.0. The monoisotopic (exact) mass is 434 g/mol. The molecule has 1 fully saturated rings. The summed E-state index contributed by atoms with van der Waals surface area (Å²) in [5.74, 6) is 0.872. The first-order valence-corrected chi connectivity index (χ1v) is 10.5. The number of hydrogen-bond acceptors (Lipinski definition) is 6. The quantitative estimate of drug-likeness (QED) is 0.461. The number of benzene rings is 1. The van der Waals surface area contributed by atoms with Crippen LogP contribution < -0.4 is 5.43 Å². The van der Waals surface area contributed by atoms with Gasteiger partial charge in [-0.25, -0.2) is 15.2 Å². The van der Waals surface area contributed by atoms with Crippen molar-refractivity contribution < 1.29 is 19.2 Å². The van der Waals surface area contributed by atoms with E-state index in [1.807, 2.05) is 30.3 Å². The maximum Gasteiger partial charge on any atom is 0.422 e. The van der Waals surface area contributed by atoms with Crippen LogP contribution in [0.3, 0.4) is 0 Å². The number of aromatic nitrogens is 1. The smallest absolute Gasteiger partial charge is 0.422 e. The minimum atomic E-state index is -1.06. The van der Waals surface area contributed by atoms with E-state index in [2.05, 4.69) is 15.5 Å². The van der Waals surface area contributed by atoms with Crippen LogP contribution in [-0.2, 0) is 11.2 Å². The third-order valence-corrected chi connectivity index (χ3v) is 5.92. The van der Waals surface area contributed by atoms with Gasteiger partial charge in [0, 0.05) is 43.1 Å². The number of piperidine rings is 1. The first-order chi connectivity index (χ1) is 14.5. The van der Waals surface area contributed by atoms with Crippen LogP contribution in [0.1, 0.15) is 25.0 Å². The van der Waals surface area contributed by atoms with Crippen LogP contribution in [0, 0.1) is 5.92 Å². The molecule has 162 valence electrons. The lowest BCUT2D eigenvalue weighted by Gasteiger charge is -2.39. The molecule has 0 aliphatic carbocycles. The summed E-state index contributed by atoms with van der Waals surface area (Å²) in [6, 6.07) is 9.05. The van der Waals surface area contributed by atoms with Crippen molar-refractivity contribution in [2.24, 2.45) is 5.92 Å². The molecule has 0 radical (unpaired) electrons. The molecular weight excluding hydrogens is 408 g/mol. The molecule has 1 amide bonds. The van der Waals surface area contributed by atoms with Gasteiger partial charge < -0.3 is 19.3 Å². The summed E-state index contributed by atoms with van der Waals surface area (Å²) in [7, 11) is 1.57. The molecule has 0 spiro atoms. The Morgan fingerprint density at radius 3 is 2.70 bits per heavy atom. The molecule has 1 aliphatic rings. The number of halogens is 1. The summed E-state index contributed by atoms with van der Waals surface area (Å²) in [5.41, 5.74) is 4.53. The molecule has 1 aromatic carbocycles. The molecule has 1 saturated heterocycles. The third kappa shape index (κ3) is 5.59. The number of aldehydes is 1. The van der Waals surface area contributed by atoms with Gasteiger partial charge in [-0.1, -0.05) is 16.8 Å². The first-order valence-electron chi connectivity index (χ1n) is 10.1. The number of hydrogen-bond donors (Lipinski definition) is 2. The Morgan fingerprint density at radius 1 is 1.40 bits per heavy atom. The van der Waals surface area contributed by atoms with E-state index in [1.165, 1.54) is 0 Å². The molecule has 0 bridgehead atoms. The second kappa shape index (κ2) is 10.6. The molecule has 3 rings (SSSR count). The van der Waals surface area contributed by atoms with Gasteiger partial charge in [-0.05, 0) is 56.1 Å². The fraction of sp³-hybridized carbons (Fsp3) is 0.476. The van der Waals surface area contributed by atoms with Crippen molar-refractivity contribution >= 4 is 24.0 Å². The van der Waals surface area contributed by atoms with Crippen molar-refractivity contribution in [3.8, 4) is 11.3 Å². The third-order valence-electron chi connectivity index (χ3n) is 5.66. The van der Waals surface area contributed by atoms with E-state index < -0.39 is 6.09 Å². The Kier molecular flexibility index (Phi) is 7.84. The van der Waals surface area contributed by atoms with Gasteiger partial charge in [0.2, 0.25) is 0 Å². The zero-order chi connectivity index (χ0) is 21.5. The highest BCUT2D eigenvalue weighted by molar-refractivity contribution is 6.30. The largest absolute Gasteiger partial charge is 0.464 e. The minimum Gasteiger partial charge on any atom is -0.464 e. The SMILES string of the molecule is CNN(C(=O)O)C(CC=O)C1CCN(CCc2cc(-c3ccc(Cl)cc3)on2)CC1. The molecule has 9 heteroatoms. The van der Waals surface area contributed by atoms with Gasteiger partial charge in [0.25, 0.3) is 0 Å². The Hall–Kier alpha value is -2.42. The van der Waals surface area contributed by atoms with Crippen LogP contribution in [0.4, 0.5) is 4.79 Å². The van der Waals surface area contributed by atoms with Crippen molar-refractivity contribution in [1.82, 2.24) is 20.5 Å². The summed E-state index contributed by atoms with van der Waals surface area (Å²) < 4.78 is 5.45. The maximum absolute atomic E-state index is 11.4. The summed E-state index contributed by atoms with van der Waals surface area (Å²) in [6.07, 6.45) is 2.40. The molecule has 1 aromatic heterocycles. The van der Waals surface area contributed by atoms with Gasteiger partial charge in [0.1, 0.15) is 6.29 Å². The number of nitrogens with one attached hydrogen (secondary N) is 1. The lowest BCUT2D eigenvalue weighted by molar-refractivity contribution is -0.109. The number of carbonyl (C=O) groups excluding carboxylic acids is 1. The van der Waals surface area contributed by atoms with E-state index in [1.54, 1.807) is 7.05 Å². The molecule has 2 heterocycles. The number of amides is 1. The first kappa shape index (κ1) is 22.3. The van der Waals surface area contributed by atoms with Gasteiger partial charge in [-0.3, -0.25) is 0 Å².